The topological polar surface area (TPSA) is 96.0 Å². The van der Waals surface area contributed by atoms with Gasteiger partial charge in [0.1, 0.15) is 11.3 Å². The van der Waals surface area contributed by atoms with Gasteiger partial charge in [0.2, 0.25) is 0 Å². The number of amides is 5. The first kappa shape index (κ1) is 20.6. The number of fused-ring (bicyclic) bond motifs is 1. The molecule has 0 bridgehead atoms. The summed E-state index contributed by atoms with van der Waals surface area (Å²) in [4.78, 5) is 53.3. The third-order valence-corrected chi connectivity index (χ3v) is 6.02. The molecule has 1 fully saturated rings. The molecule has 160 valence electrons. The molecule has 31 heavy (non-hydrogen) atoms. The minimum atomic E-state index is -1.20. The second kappa shape index (κ2) is 7.54. The van der Waals surface area contributed by atoms with Crippen molar-refractivity contribution in [2.24, 2.45) is 0 Å². The van der Waals surface area contributed by atoms with Crippen molar-refractivity contribution < 1.29 is 23.9 Å². The molecule has 1 atom stereocenters. The highest BCUT2D eigenvalue weighted by atomic mass is 16.5. The van der Waals surface area contributed by atoms with Crippen LogP contribution in [0.5, 0.6) is 5.75 Å². The van der Waals surface area contributed by atoms with Gasteiger partial charge in [-0.2, -0.15) is 0 Å². The van der Waals surface area contributed by atoms with Crippen LogP contribution in [0.1, 0.15) is 45.2 Å². The van der Waals surface area contributed by atoms with Crippen molar-refractivity contribution in [3.8, 4) is 5.75 Å². The number of nitrogens with zero attached hydrogens (tertiary/aromatic N) is 2. The molecule has 0 radical (unpaired) electrons. The number of hydrogen-bond acceptors (Lipinski definition) is 5. The molecule has 4 rings (SSSR count). The second-order valence-corrected chi connectivity index (χ2v) is 7.64. The van der Waals surface area contributed by atoms with Crippen molar-refractivity contribution in [1.82, 2.24) is 15.1 Å². The van der Waals surface area contributed by atoms with Gasteiger partial charge in [0.15, 0.2) is 0 Å². The van der Waals surface area contributed by atoms with Gasteiger partial charge < -0.3 is 10.1 Å². The number of ether oxygens (including phenoxy) is 1. The maximum Gasteiger partial charge on any atom is 0.325 e. The number of benzene rings is 2. The monoisotopic (exact) mass is 421 g/mol. The van der Waals surface area contributed by atoms with E-state index < -0.39 is 29.3 Å². The zero-order valence-electron chi connectivity index (χ0n) is 17.6. The van der Waals surface area contributed by atoms with E-state index in [9.17, 15) is 19.2 Å². The number of methoxy groups -OCH3 is 1. The van der Waals surface area contributed by atoms with Crippen LogP contribution in [0, 0.1) is 6.92 Å². The van der Waals surface area contributed by atoms with Crippen molar-refractivity contribution in [3.63, 3.8) is 0 Å². The van der Waals surface area contributed by atoms with Crippen LogP contribution in [0.2, 0.25) is 0 Å². The van der Waals surface area contributed by atoms with Gasteiger partial charge in [-0.25, -0.2) is 4.79 Å². The summed E-state index contributed by atoms with van der Waals surface area (Å²) in [5.74, 6) is -0.546. The number of nitrogens with one attached hydrogen (secondary N) is 1. The van der Waals surface area contributed by atoms with E-state index in [2.05, 4.69) is 5.32 Å². The van der Waals surface area contributed by atoms with Gasteiger partial charge in [-0.1, -0.05) is 25.1 Å². The first-order valence-electron chi connectivity index (χ1n) is 10.1. The maximum absolute atomic E-state index is 13.3. The predicted molar refractivity (Wildman–Crippen MR) is 112 cm³/mol. The first-order valence-corrected chi connectivity index (χ1v) is 10.1. The molecule has 1 N–H and O–H groups in total. The van der Waals surface area contributed by atoms with Gasteiger partial charge in [-0.05, 0) is 48.7 Å². The van der Waals surface area contributed by atoms with Gasteiger partial charge in [0.25, 0.3) is 17.7 Å². The molecule has 2 aliphatic heterocycles. The van der Waals surface area contributed by atoms with E-state index in [1.165, 1.54) is 0 Å². The zero-order chi connectivity index (χ0) is 22.3. The molecule has 2 aliphatic rings. The Balaban J connectivity index is 1.55. The highest BCUT2D eigenvalue weighted by Gasteiger charge is 2.51. The van der Waals surface area contributed by atoms with E-state index in [-0.39, 0.29) is 13.1 Å². The lowest BCUT2D eigenvalue weighted by molar-refractivity contribution is -0.131. The SMILES string of the molecule is CCC1(c2ccc(OC)c(C)c2)NC(=O)N(CCN2C(=O)c3ccccc3C2=O)C1=O. The molecule has 0 aliphatic carbocycles. The average Bonchev–Trinajstić information content (AvgIpc) is 3.17. The molecule has 1 unspecified atom stereocenters. The standard InChI is InChI=1S/C23H23N3O5/c1-4-23(15-9-10-18(31-3)14(2)13-15)21(29)26(22(30)24-23)12-11-25-19(27)16-7-5-6-8-17(16)20(25)28/h5-10,13H,4,11-12H2,1-3H3,(H,24,30). The lowest BCUT2D eigenvalue weighted by Crippen LogP contribution is -2.44. The summed E-state index contributed by atoms with van der Waals surface area (Å²) in [6.07, 6.45) is 0.354. The van der Waals surface area contributed by atoms with E-state index in [0.29, 0.717) is 28.9 Å². The van der Waals surface area contributed by atoms with Gasteiger partial charge in [0.05, 0.1) is 18.2 Å². The molecule has 2 heterocycles. The fourth-order valence-electron chi connectivity index (χ4n) is 4.25. The highest BCUT2D eigenvalue weighted by Crippen LogP contribution is 2.35. The van der Waals surface area contributed by atoms with Crippen LogP contribution in [-0.2, 0) is 10.3 Å². The van der Waals surface area contributed by atoms with E-state index in [1.54, 1.807) is 43.5 Å². The molecule has 0 spiro atoms. The fraction of sp³-hybridized carbons (Fsp3) is 0.304. The van der Waals surface area contributed by atoms with E-state index >= 15 is 0 Å². The lowest BCUT2D eigenvalue weighted by Gasteiger charge is -2.27. The Morgan fingerprint density at radius 1 is 0.935 bits per heavy atom. The third kappa shape index (κ3) is 3.06. The Hall–Kier alpha value is -3.68. The summed E-state index contributed by atoms with van der Waals surface area (Å²) >= 11 is 0. The molecule has 0 saturated carbocycles. The van der Waals surface area contributed by atoms with Crippen LogP contribution < -0.4 is 10.1 Å². The van der Waals surface area contributed by atoms with E-state index in [0.717, 1.165) is 15.4 Å². The summed E-state index contributed by atoms with van der Waals surface area (Å²) in [6, 6.07) is 11.4. The van der Waals surface area contributed by atoms with Crippen molar-refractivity contribution in [2.45, 2.75) is 25.8 Å². The number of imide groups is 2. The summed E-state index contributed by atoms with van der Waals surface area (Å²) in [7, 11) is 1.57. The Labute approximate surface area is 179 Å². The third-order valence-electron chi connectivity index (χ3n) is 6.02. The number of carbonyl (C=O) groups excluding carboxylic acids is 4. The first-order chi connectivity index (χ1) is 14.8. The summed E-state index contributed by atoms with van der Waals surface area (Å²) in [5.41, 5.74) is 0.979. The fourth-order valence-corrected chi connectivity index (χ4v) is 4.25. The molecule has 2 aromatic carbocycles. The van der Waals surface area contributed by atoms with Gasteiger partial charge in [-0.15, -0.1) is 0 Å². The smallest absolute Gasteiger partial charge is 0.325 e. The summed E-state index contributed by atoms with van der Waals surface area (Å²) in [6.45, 7) is 3.55. The Morgan fingerprint density at radius 3 is 2.10 bits per heavy atom. The van der Waals surface area contributed by atoms with Crippen LogP contribution in [0.25, 0.3) is 0 Å². The molecular formula is C23H23N3O5. The maximum atomic E-state index is 13.3. The number of carbonyl (C=O) groups is 4. The van der Waals surface area contributed by atoms with Gasteiger partial charge >= 0.3 is 6.03 Å². The number of rotatable bonds is 6. The minimum absolute atomic E-state index is 0.0626. The lowest BCUT2D eigenvalue weighted by atomic mass is 9.86. The number of hydrogen-bond donors (Lipinski definition) is 1. The quantitative estimate of drug-likeness (QED) is 0.571. The molecule has 5 amide bonds. The Bertz CT molecular complexity index is 1080. The normalized spacial score (nSPS) is 20.4. The minimum Gasteiger partial charge on any atom is -0.496 e. The van der Waals surface area contributed by atoms with Crippen molar-refractivity contribution >= 4 is 23.8 Å². The van der Waals surface area contributed by atoms with E-state index in [4.69, 9.17) is 4.74 Å². The Kier molecular flexibility index (Phi) is 5.00. The van der Waals surface area contributed by atoms with Crippen LogP contribution in [0.15, 0.2) is 42.5 Å². The van der Waals surface area contributed by atoms with Gasteiger partial charge in [-0.3, -0.25) is 24.2 Å². The summed E-state index contributed by atoms with van der Waals surface area (Å²) < 4.78 is 5.29. The molecule has 8 nitrogen and oxygen atoms in total. The van der Waals surface area contributed by atoms with E-state index in [1.807, 2.05) is 19.9 Å². The summed E-state index contributed by atoms with van der Waals surface area (Å²) in [5, 5.41) is 2.82. The van der Waals surface area contributed by atoms with Crippen molar-refractivity contribution in [1.29, 1.82) is 0 Å². The largest absolute Gasteiger partial charge is 0.496 e. The molecular weight excluding hydrogens is 398 g/mol. The highest BCUT2D eigenvalue weighted by molar-refractivity contribution is 6.21. The van der Waals surface area contributed by atoms with Crippen LogP contribution in [-0.4, -0.2) is 53.8 Å². The molecule has 8 heteroatoms. The molecule has 0 aromatic heterocycles. The second-order valence-electron chi connectivity index (χ2n) is 7.64. The van der Waals surface area contributed by atoms with Crippen molar-refractivity contribution in [2.75, 3.05) is 20.2 Å². The van der Waals surface area contributed by atoms with Gasteiger partial charge in [0, 0.05) is 13.1 Å². The van der Waals surface area contributed by atoms with Crippen LogP contribution in [0.4, 0.5) is 4.79 Å². The number of aryl methyl sites for hydroxylation is 1. The van der Waals surface area contributed by atoms with Crippen molar-refractivity contribution in [3.05, 3.63) is 64.7 Å². The van der Waals surface area contributed by atoms with Crippen LogP contribution >= 0.6 is 0 Å². The number of urea groups is 1. The molecule has 1 saturated heterocycles. The van der Waals surface area contributed by atoms with Crippen LogP contribution in [0.3, 0.4) is 0 Å². The average molecular weight is 421 g/mol. The predicted octanol–water partition coefficient (Wildman–Crippen LogP) is 2.46. The zero-order valence-corrected chi connectivity index (χ0v) is 17.6. The molecule has 2 aromatic rings. The Morgan fingerprint density at radius 2 is 1.55 bits per heavy atom.